The topological polar surface area (TPSA) is 81.7 Å². The molecule has 1 N–H and O–H groups in total. The van der Waals surface area contributed by atoms with Crippen molar-refractivity contribution in [2.24, 2.45) is 0 Å². The highest BCUT2D eigenvalue weighted by atomic mass is 32.2. The van der Waals surface area contributed by atoms with Crippen LogP contribution in [-0.2, 0) is 26.1 Å². The number of methoxy groups -OCH3 is 1. The number of esters is 1. The molecule has 0 aromatic heterocycles. The van der Waals surface area contributed by atoms with E-state index in [2.05, 4.69) is 4.72 Å². The molecule has 0 unspecified atom stereocenters. The fraction of sp³-hybridized carbons (Fsp3) is 0.227. The molecule has 0 bridgehead atoms. The molecule has 0 aliphatic rings. The maximum atomic E-state index is 12.4. The summed E-state index contributed by atoms with van der Waals surface area (Å²) in [5.41, 5.74) is 1.20. The third-order valence-electron chi connectivity index (χ3n) is 4.41. The van der Waals surface area contributed by atoms with Gasteiger partial charge in [0.05, 0.1) is 17.1 Å². The van der Waals surface area contributed by atoms with Gasteiger partial charge < -0.3 is 9.47 Å². The number of benzene rings is 3. The first-order chi connectivity index (χ1) is 13.9. The van der Waals surface area contributed by atoms with Gasteiger partial charge in [0.25, 0.3) is 0 Å². The second-order valence-electron chi connectivity index (χ2n) is 6.72. The fourth-order valence-corrected chi connectivity index (χ4v) is 4.26. The Bertz CT molecular complexity index is 1090. The first-order valence-corrected chi connectivity index (χ1v) is 10.6. The fourth-order valence-electron chi connectivity index (χ4n) is 3.03. The largest absolute Gasteiger partial charge is 0.457 e. The smallest absolute Gasteiger partial charge is 0.338 e. The Morgan fingerprint density at radius 3 is 2.41 bits per heavy atom. The van der Waals surface area contributed by atoms with Crippen LogP contribution in [0.4, 0.5) is 0 Å². The first kappa shape index (κ1) is 21.0. The highest BCUT2D eigenvalue weighted by Gasteiger charge is 2.18. The SMILES string of the molecule is COC[C@@H](C)NS(=O)(=O)c1ccc(C(=O)OCc2cccc3ccccc23)cc1. The Balaban J connectivity index is 1.67. The van der Waals surface area contributed by atoms with Crippen molar-refractivity contribution in [3.05, 3.63) is 77.9 Å². The maximum Gasteiger partial charge on any atom is 0.338 e. The lowest BCUT2D eigenvalue weighted by molar-refractivity contribution is 0.0474. The van der Waals surface area contributed by atoms with Crippen molar-refractivity contribution >= 4 is 26.8 Å². The van der Waals surface area contributed by atoms with Crippen LogP contribution in [0.3, 0.4) is 0 Å². The van der Waals surface area contributed by atoms with Gasteiger partial charge in [-0.2, -0.15) is 0 Å². The molecule has 0 heterocycles. The summed E-state index contributed by atoms with van der Waals surface area (Å²) in [6.45, 7) is 2.11. The van der Waals surface area contributed by atoms with E-state index in [0.29, 0.717) is 0 Å². The van der Waals surface area contributed by atoms with E-state index in [0.717, 1.165) is 16.3 Å². The summed E-state index contributed by atoms with van der Waals surface area (Å²) in [5.74, 6) is -0.511. The third kappa shape index (κ3) is 5.20. The molecule has 3 rings (SSSR count). The Morgan fingerprint density at radius 2 is 1.69 bits per heavy atom. The van der Waals surface area contributed by atoms with E-state index in [1.165, 1.54) is 31.4 Å². The van der Waals surface area contributed by atoms with Crippen molar-refractivity contribution in [2.75, 3.05) is 13.7 Å². The van der Waals surface area contributed by atoms with Crippen LogP contribution in [0.25, 0.3) is 10.8 Å². The van der Waals surface area contributed by atoms with Gasteiger partial charge >= 0.3 is 5.97 Å². The van der Waals surface area contributed by atoms with Gasteiger partial charge in [0.15, 0.2) is 0 Å². The van der Waals surface area contributed by atoms with E-state index in [4.69, 9.17) is 9.47 Å². The van der Waals surface area contributed by atoms with E-state index in [-0.39, 0.29) is 29.7 Å². The zero-order chi connectivity index (χ0) is 20.9. The number of hydrogen-bond acceptors (Lipinski definition) is 5. The predicted molar refractivity (Wildman–Crippen MR) is 111 cm³/mol. The van der Waals surface area contributed by atoms with Crippen molar-refractivity contribution in [3.63, 3.8) is 0 Å². The van der Waals surface area contributed by atoms with Crippen molar-refractivity contribution in [2.45, 2.75) is 24.5 Å². The predicted octanol–water partition coefficient (Wildman–Crippen LogP) is 3.51. The molecule has 3 aromatic rings. The normalized spacial score (nSPS) is 12.6. The average Bonchev–Trinajstić information content (AvgIpc) is 2.72. The summed E-state index contributed by atoms with van der Waals surface area (Å²) < 4.78 is 37.6. The van der Waals surface area contributed by atoms with E-state index >= 15 is 0 Å². The van der Waals surface area contributed by atoms with Gasteiger partial charge in [0.2, 0.25) is 10.0 Å². The highest BCUT2D eigenvalue weighted by molar-refractivity contribution is 7.89. The highest BCUT2D eigenvalue weighted by Crippen LogP contribution is 2.20. The van der Waals surface area contributed by atoms with Crippen molar-refractivity contribution in [1.29, 1.82) is 0 Å². The molecule has 152 valence electrons. The molecular formula is C22H23NO5S. The van der Waals surface area contributed by atoms with Crippen LogP contribution in [-0.4, -0.2) is 34.1 Å². The molecule has 1 atom stereocenters. The van der Waals surface area contributed by atoms with Gasteiger partial charge in [-0.1, -0.05) is 42.5 Å². The number of hydrogen-bond donors (Lipinski definition) is 1. The van der Waals surface area contributed by atoms with Crippen LogP contribution in [0.2, 0.25) is 0 Å². The number of rotatable bonds is 8. The molecule has 3 aromatic carbocycles. The van der Waals surface area contributed by atoms with E-state index < -0.39 is 16.0 Å². The molecule has 7 heteroatoms. The third-order valence-corrected chi connectivity index (χ3v) is 6.02. The lowest BCUT2D eigenvalue weighted by atomic mass is 10.1. The molecular weight excluding hydrogens is 390 g/mol. The van der Waals surface area contributed by atoms with E-state index in [9.17, 15) is 13.2 Å². The molecule has 0 amide bonds. The maximum absolute atomic E-state index is 12.4. The Labute approximate surface area is 170 Å². The zero-order valence-electron chi connectivity index (χ0n) is 16.3. The summed E-state index contributed by atoms with van der Waals surface area (Å²) in [7, 11) is -2.18. The van der Waals surface area contributed by atoms with E-state index in [1.807, 2.05) is 42.5 Å². The van der Waals surface area contributed by atoms with Crippen molar-refractivity contribution in [1.82, 2.24) is 4.72 Å². The van der Waals surface area contributed by atoms with Crippen LogP contribution >= 0.6 is 0 Å². The molecule has 6 nitrogen and oxygen atoms in total. The Kier molecular flexibility index (Phi) is 6.64. The minimum atomic E-state index is -3.69. The molecule has 0 saturated carbocycles. The summed E-state index contributed by atoms with van der Waals surface area (Å²) in [4.78, 5) is 12.4. The summed E-state index contributed by atoms with van der Waals surface area (Å²) in [5, 5.41) is 2.10. The molecule has 0 radical (unpaired) electrons. The van der Waals surface area contributed by atoms with E-state index in [1.54, 1.807) is 6.92 Å². The standard InChI is InChI=1S/C22H23NO5S/c1-16(14-27-2)23-29(25,26)20-12-10-18(11-13-20)22(24)28-15-19-8-5-7-17-6-3-4-9-21(17)19/h3-13,16,23H,14-15H2,1-2H3/t16-/m1/s1. The summed E-state index contributed by atoms with van der Waals surface area (Å²) in [6.07, 6.45) is 0. The lowest BCUT2D eigenvalue weighted by Gasteiger charge is -2.13. The molecule has 0 saturated heterocycles. The van der Waals surface area contributed by atoms with Crippen LogP contribution in [0, 0.1) is 0 Å². The molecule has 0 spiro atoms. The first-order valence-electron chi connectivity index (χ1n) is 9.16. The van der Waals surface area contributed by atoms with Crippen LogP contribution in [0.15, 0.2) is 71.6 Å². The molecule has 0 fully saturated rings. The van der Waals surface area contributed by atoms with Crippen molar-refractivity contribution < 1.29 is 22.7 Å². The van der Waals surface area contributed by atoms with Gasteiger partial charge in [0.1, 0.15) is 6.61 Å². The summed E-state index contributed by atoms with van der Waals surface area (Å²) in [6, 6.07) is 19.0. The number of carbonyl (C=O) groups is 1. The number of sulfonamides is 1. The number of fused-ring (bicyclic) bond motifs is 1. The Hall–Kier alpha value is -2.74. The molecule has 29 heavy (non-hydrogen) atoms. The number of nitrogens with one attached hydrogen (secondary N) is 1. The monoisotopic (exact) mass is 413 g/mol. The molecule has 0 aliphatic heterocycles. The average molecular weight is 413 g/mol. The number of carbonyl (C=O) groups excluding carboxylic acids is 1. The molecule has 0 aliphatic carbocycles. The van der Waals surface area contributed by atoms with Crippen molar-refractivity contribution in [3.8, 4) is 0 Å². The van der Waals surface area contributed by atoms with Gasteiger partial charge in [-0.3, -0.25) is 0 Å². The van der Waals surface area contributed by atoms with Crippen LogP contribution in [0.5, 0.6) is 0 Å². The second kappa shape index (κ2) is 9.17. The van der Waals surface area contributed by atoms with Gasteiger partial charge in [-0.25, -0.2) is 17.9 Å². The minimum absolute atomic E-state index is 0.0751. The Morgan fingerprint density at radius 1 is 1.00 bits per heavy atom. The van der Waals surface area contributed by atoms with Gasteiger partial charge in [0, 0.05) is 13.2 Å². The van der Waals surface area contributed by atoms with Gasteiger partial charge in [-0.15, -0.1) is 0 Å². The summed E-state index contributed by atoms with van der Waals surface area (Å²) >= 11 is 0. The van der Waals surface area contributed by atoms with Crippen LogP contribution < -0.4 is 4.72 Å². The van der Waals surface area contributed by atoms with Gasteiger partial charge in [-0.05, 0) is 47.5 Å². The second-order valence-corrected chi connectivity index (χ2v) is 8.43. The van der Waals surface area contributed by atoms with Crippen LogP contribution in [0.1, 0.15) is 22.8 Å². The zero-order valence-corrected chi connectivity index (χ0v) is 17.1. The lowest BCUT2D eigenvalue weighted by Crippen LogP contribution is -2.35. The minimum Gasteiger partial charge on any atom is -0.457 e. The quantitative estimate of drug-likeness (QED) is 0.572. The number of ether oxygens (including phenoxy) is 2.